The Hall–Kier alpha value is -0.0800. The summed E-state index contributed by atoms with van der Waals surface area (Å²) in [6.45, 7) is 10.5. The Labute approximate surface area is 95.2 Å². The van der Waals surface area contributed by atoms with Crippen LogP contribution < -0.4 is 5.73 Å². The van der Waals surface area contributed by atoms with Crippen molar-refractivity contribution >= 4 is 0 Å². The van der Waals surface area contributed by atoms with Crippen LogP contribution in [0.3, 0.4) is 0 Å². The summed E-state index contributed by atoms with van der Waals surface area (Å²) in [4.78, 5) is 2.60. The molecule has 0 saturated carbocycles. The van der Waals surface area contributed by atoms with E-state index in [9.17, 15) is 0 Å². The molecule has 1 fully saturated rings. The van der Waals surface area contributed by atoms with Gasteiger partial charge in [0.05, 0.1) is 0 Å². The summed E-state index contributed by atoms with van der Waals surface area (Å²) in [5.74, 6) is 1.59. The zero-order chi connectivity index (χ0) is 11.3. The molecule has 1 saturated heterocycles. The first-order valence-electron chi connectivity index (χ1n) is 6.61. The lowest BCUT2D eigenvalue weighted by Crippen LogP contribution is -2.32. The van der Waals surface area contributed by atoms with Gasteiger partial charge in [-0.05, 0) is 44.2 Å². The van der Waals surface area contributed by atoms with Crippen molar-refractivity contribution in [3.05, 3.63) is 0 Å². The molecule has 2 atom stereocenters. The van der Waals surface area contributed by atoms with Crippen molar-refractivity contribution in [2.24, 2.45) is 17.6 Å². The molecule has 2 unspecified atom stereocenters. The van der Waals surface area contributed by atoms with Crippen molar-refractivity contribution in [3.63, 3.8) is 0 Å². The van der Waals surface area contributed by atoms with Crippen molar-refractivity contribution in [3.8, 4) is 0 Å². The van der Waals surface area contributed by atoms with Gasteiger partial charge in [0.15, 0.2) is 0 Å². The van der Waals surface area contributed by atoms with E-state index in [2.05, 4.69) is 25.7 Å². The zero-order valence-corrected chi connectivity index (χ0v) is 10.7. The average molecular weight is 212 g/mol. The van der Waals surface area contributed by atoms with E-state index in [1.165, 1.54) is 38.9 Å². The molecule has 0 aromatic heterocycles. The van der Waals surface area contributed by atoms with Gasteiger partial charge in [-0.2, -0.15) is 0 Å². The Morgan fingerprint density at radius 2 is 2.13 bits per heavy atom. The number of nitrogens with two attached hydrogens (primary N) is 1. The molecule has 0 aromatic carbocycles. The standard InChI is InChI=1S/C13H28N2/c1-4-5-12-6-8-15(10-12)9-7-13(14)11(2)3/h11-13H,4-10,14H2,1-3H3. The molecule has 90 valence electrons. The van der Waals surface area contributed by atoms with Crippen LogP contribution in [0.2, 0.25) is 0 Å². The van der Waals surface area contributed by atoms with Crippen LogP contribution in [0.15, 0.2) is 0 Å². The molecule has 1 heterocycles. The molecule has 0 aliphatic carbocycles. The average Bonchev–Trinajstić information content (AvgIpc) is 2.62. The second kappa shape index (κ2) is 6.49. The number of nitrogens with zero attached hydrogens (tertiary/aromatic N) is 1. The molecule has 2 N–H and O–H groups in total. The van der Waals surface area contributed by atoms with E-state index >= 15 is 0 Å². The van der Waals surface area contributed by atoms with Crippen molar-refractivity contribution in [1.29, 1.82) is 0 Å². The number of hydrogen-bond acceptors (Lipinski definition) is 2. The Morgan fingerprint density at radius 3 is 2.73 bits per heavy atom. The van der Waals surface area contributed by atoms with Crippen LogP contribution in [-0.4, -0.2) is 30.6 Å². The number of likely N-dealkylation sites (tertiary alicyclic amines) is 1. The first kappa shape index (κ1) is 13.0. The maximum Gasteiger partial charge on any atom is 0.00740 e. The van der Waals surface area contributed by atoms with Gasteiger partial charge in [-0.25, -0.2) is 0 Å². The predicted molar refractivity (Wildman–Crippen MR) is 66.9 cm³/mol. The molecule has 1 aliphatic rings. The van der Waals surface area contributed by atoms with E-state index in [0.717, 1.165) is 12.3 Å². The van der Waals surface area contributed by atoms with Crippen LogP contribution in [0.1, 0.15) is 46.5 Å². The molecule has 2 nitrogen and oxygen atoms in total. The third kappa shape index (κ3) is 4.52. The summed E-state index contributed by atoms with van der Waals surface area (Å²) in [6.07, 6.45) is 5.32. The second-order valence-corrected chi connectivity index (χ2v) is 5.44. The van der Waals surface area contributed by atoms with E-state index in [0.29, 0.717) is 12.0 Å². The van der Waals surface area contributed by atoms with Gasteiger partial charge in [-0.3, -0.25) is 0 Å². The van der Waals surface area contributed by atoms with E-state index in [4.69, 9.17) is 5.73 Å². The SMILES string of the molecule is CCCC1CCN(CCC(N)C(C)C)C1. The molecule has 1 rings (SSSR count). The van der Waals surface area contributed by atoms with Gasteiger partial charge in [-0.15, -0.1) is 0 Å². The minimum atomic E-state index is 0.384. The van der Waals surface area contributed by atoms with Crippen molar-refractivity contribution in [2.75, 3.05) is 19.6 Å². The van der Waals surface area contributed by atoms with Gasteiger partial charge in [0.1, 0.15) is 0 Å². The molecule has 0 spiro atoms. The van der Waals surface area contributed by atoms with Crippen molar-refractivity contribution in [1.82, 2.24) is 4.90 Å². The Kier molecular flexibility index (Phi) is 5.62. The van der Waals surface area contributed by atoms with Gasteiger partial charge in [-0.1, -0.05) is 27.2 Å². The topological polar surface area (TPSA) is 29.3 Å². The quantitative estimate of drug-likeness (QED) is 0.733. The van der Waals surface area contributed by atoms with E-state index < -0.39 is 0 Å². The maximum absolute atomic E-state index is 6.06. The monoisotopic (exact) mass is 212 g/mol. The van der Waals surface area contributed by atoms with Crippen LogP contribution in [0.25, 0.3) is 0 Å². The van der Waals surface area contributed by atoms with Gasteiger partial charge in [0, 0.05) is 12.6 Å². The first-order chi connectivity index (χ1) is 7.13. The molecule has 1 aliphatic heterocycles. The molecule has 0 bridgehead atoms. The predicted octanol–water partition coefficient (Wildman–Crippen LogP) is 2.48. The smallest absolute Gasteiger partial charge is 0.00740 e. The summed E-state index contributed by atoms with van der Waals surface area (Å²) < 4.78 is 0. The molecule has 0 radical (unpaired) electrons. The number of hydrogen-bond donors (Lipinski definition) is 1. The fourth-order valence-electron chi connectivity index (χ4n) is 2.42. The van der Waals surface area contributed by atoms with E-state index in [-0.39, 0.29) is 0 Å². The summed E-state index contributed by atoms with van der Waals surface area (Å²) in [7, 11) is 0. The van der Waals surface area contributed by atoms with Gasteiger partial charge >= 0.3 is 0 Å². The lowest BCUT2D eigenvalue weighted by molar-refractivity contribution is 0.292. The lowest BCUT2D eigenvalue weighted by atomic mass is 10.0. The molecule has 0 aromatic rings. The maximum atomic E-state index is 6.06. The van der Waals surface area contributed by atoms with E-state index in [1.807, 2.05) is 0 Å². The van der Waals surface area contributed by atoms with Crippen LogP contribution >= 0.6 is 0 Å². The van der Waals surface area contributed by atoms with Crippen LogP contribution in [0.5, 0.6) is 0 Å². The van der Waals surface area contributed by atoms with Crippen LogP contribution in [0, 0.1) is 11.8 Å². The van der Waals surface area contributed by atoms with Crippen LogP contribution in [-0.2, 0) is 0 Å². The fourth-order valence-corrected chi connectivity index (χ4v) is 2.42. The Morgan fingerprint density at radius 1 is 1.40 bits per heavy atom. The van der Waals surface area contributed by atoms with Gasteiger partial charge in [0.25, 0.3) is 0 Å². The molecular formula is C13H28N2. The summed E-state index contributed by atoms with van der Waals surface area (Å²) in [5, 5.41) is 0. The first-order valence-corrected chi connectivity index (χ1v) is 6.61. The summed E-state index contributed by atoms with van der Waals surface area (Å²) >= 11 is 0. The highest BCUT2D eigenvalue weighted by atomic mass is 15.1. The van der Waals surface area contributed by atoms with Crippen LogP contribution in [0.4, 0.5) is 0 Å². The number of rotatable bonds is 6. The largest absolute Gasteiger partial charge is 0.327 e. The Bertz CT molecular complexity index is 168. The minimum absolute atomic E-state index is 0.384. The second-order valence-electron chi connectivity index (χ2n) is 5.44. The zero-order valence-electron chi connectivity index (χ0n) is 10.7. The van der Waals surface area contributed by atoms with Gasteiger partial charge in [0.2, 0.25) is 0 Å². The molecule has 2 heteroatoms. The Balaban J connectivity index is 2.13. The van der Waals surface area contributed by atoms with Gasteiger partial charge < -0.3 is 10.6 Å². The van der Waals surface area contributed by atoms with Crippen molar-refractivity contribution in [2.45, 2.75) is 52.5 Å². The van der Waals surface area contributed by atoms with E-state index in [1.54, 1.807) is 0 Å². The molecular weight excluding hydrogens is 184 g/mol. The molecule has 15 heavy (non-hydrogen) atoms. The normalized spacial score (nSPS) is 25.0. The highest BCUT2D eigenvalue weighted by Crippen LogP contribution is 2.21. The molecule has 0 amide bonds. The third-order valence-corrected chi connectivity index (χ3v) is 3.70. The highest BCUT2D eigenvalue weighted by molar-refractivity contribution is 4.77. The summed E-state index contributed by atoms with van der Waals surface area (Å²) in [6, 6.07) is 0.384. The summed E-state index contributed by atoms with van der Waals surface area (Å²) in [5.41, 5.74) is 6.06. The highest BCUT2D eigenvalue weighted by Gasteiger charge is 2.21. The lowest BCUT2D eigenvalue weighted by Gasteiger charge is -2.20. The fraction of sp³-hybridized carbons (Fsp3) is 1.00. The minimum Gasteiger partial charge on any atom is -0.327 e. The third-order valence-electron chi connectivity index (χ3n) is 3.70. The van der Waals surface area contributed by atoms with Crippen molar-refractivity contribution < 1.29 is 0 Å².